The van der Waals surface area contributed by atoms with Crippen molar-refractivity contribution in [1.29, 1.82) is 0 Å². The van der Waals surface area contributed by atoms with E-state index in [1.54, 1.807) is 0 Å². The number of nitrogens with zero attached hydrogens (tertiary/aromatic N) is 2. The Morgan fingerprint density at radius 1 is 0.350 bits per heavy atom. The van der Waals surface area contributed by atoms with Crippen molar-refractivity contribution in [3.05, 3.63) is 276 Å². The number of rotatable bonds is 10. The molecular weight excluding hydrogens is 1040 g/mol. The van der Waals surface area contributed by atoms with E-state index in [0.29, 0.717) is 0 Å². The van der Waals surface area contributed by atoms with Crippen LogP contribution < -0.4 is 15.1 Å². The Labute approximate surface area is 477 Å². The Hall–Kier alpha value is -9.10. The Kier molecular flexibility index (Phi) is 14.0. The van der Waals surface area contributed by atoms with Crippen LogP contribution in [0.1, 0.15) is 52.7 Å². The summed E-state index contributed by atoms with van der Waals surface area (Å²) in [6, 6.07) is 91.8. The van der Waals surface area contributed by atoms with E-state index in [1.165, 1.54) is 11.1 Å². The summed E-state index contributed by atoms with van der Waals surface area (Å²) in [5.74, 6) is 0. The van der Waals surface area contributed by atoms with Crippen molar-refractivity contribution in [3.63, 3.8) is 0 Å². The van der Waals surface area contributed by atoms with Gasteiger partial charge in [0.05, 0.1) is 27.8 Å². The fraction of sp³-hybridized carbons (Fsp3) is 0.108. The number of anilines is 8. The standard InChI is InChI=1S/C50H46N2O.C24H16BrNO/c1-49(2,3)36-28-24-34(25-29-36)41-21-15-22-42(35-26-30-37(31-27-35)50(4,5)6)48(41)51-38-32-44(47-43-20-13-14-23-45(43)53-46(47)33-38)52(39-16-9-7-10-17-39)40-18-11-8-12-19-40;25-17-15-21(24-20-13-7-8-14-22(20)27-23(24)16-17)26(18-9-3-1-4-10-18)19-11-5-2-6-12-19/h7-33,51H,1-6H3;1-16H. The minimum absolute atomic E-state index is 0.0675. The Balaban J connectivity index is 0.000000196. The predicted molar refractivity (Wildman–Crippen MR) is 343 cm³/mol. The summed E-state index contributed by atoms with van der Waals surface area (Å²) < 4.78 is 13.8. The van der Waals surface area contributed by atoms with Gasteiger partial charge in [-0.3, -0.25) is 0 Å². The molecule has 5 nitrogen and oxygen atoms in total. The van der Waals surface area contributed by atoms with Crippen molar-refractivity contribution < 1.29 is 8.83 Å². The molecule has 13 aromatic rings. The molecule has 0 amide bonds. The molecule has 0 saturated carbocycles. The monoisotopic (exact) mass is 1100 g/mol. The van der Waals surface area contributed by atoms with Crippen molar-refractivity contribution in [1.82, 2.24) is 0 Å². The topological polar surface area (TPSA) is 44.8 Å². The van der Waals surface area contributed by atoms with Crippen molar-refractivity contribution in [2.75, 3.05) is 15.1 Å². The van der Waals surface area contributed by atoms with Gasteiger partial charge in [-0.2, -0.15) is 0 Å². The molecule has 0 bridgehead atoms. The van der Waals surface area contributed by atoms with E-state index in [2.05, 4.69) is 297 Å². The van der Waals surface area contributed by atoms with Gasteiger partial charge in [-0.25, -0.2) is 0 Å². The maximum Gasteiger partial charge on any atom is 0.139 e. The maximum absolute atomic E-state index is 6.65. The summed E-state index contributed by atoms with van der Waals surface area (Å²) in [5.41, 5.74) is 19.3. The van der Waals surface area contributed by atoms with Crippen LogP contribution in [0.5, 0.6) is 0 Å². The van der Waals surface area contributed by atoms with E-state index < -0.39 is 0 Å². The molecule has 1 N–H and O–H groups in total. The van der Waals surface area contributed by atoms with Crippen LogP contribution in [0.15, 0.2) is 274 Å². The molecule has 0 atom stereocenters. The Morgan fingerprint density at radius 2 is 0.713 bits per heavy atom. The Bertz CT molecular complexity index is 4120. The van der Waals surface area contributed by atoms with E-state index >= 15 is 0 Å². The second-order valence-corrected chi connectivity index (χ2v) is 23.3. The largest absolute Gasteiger partial charge is 0.456 e. The van der Waals surface area contributed by atoms with Crippen molar-refractivity contribution in [2.45, 2.75) is 52.4 Å². The van der Waals surface area contributed by atoms with Crippen LogP contribution in [0.3, 0.4) is 0 Å². The molecule has 13 rings (SSSR count). The molecule has 0 saturated heterocycles. The molecule has 392 valence electrons. The number of halogens is 1. The number of fused-ring (bicyclic) bond motifs is 6. The molecule has 0 aliphatic heterocycles. The van der Waals surface area contributed by atoms with Crippen molar-refractivity contribution in [2.24, 2.45) is 0 Å². The number of hydrogen-bond acceptors (Lipinski definition) is 5. The highest BCUT2D eigenvalue weighted by Crippen LogP contribution is 2.48. The second kappa shape index (κ2) is 21.6. The lowest BCUT2D eigenvalue weighted by Crippen LogP contribution is -2.11. The SMILES string of the molecule is Brc1cc(N(c2ccccc2)c2ccccc2)c2c(c1)oc1ccccc12.CC(C)(C)c1ccc(-c2cccc(-c3ccc(C(C)(C)C)cc3)c2Nc2cc(N(c3ccccc3)c3ccccc3)c3c(c2)oc2ccccc23)cc1. The molecule has 0 aliphatic carbocycles. The highest BCUT2D eigenvalue weighted by Gasteiger charge is 2.24. The zero-order valence-corrected chi connectivity index (χ0v) is 47.5. The number of furan rings is 2. The zero-order chi connectivity index (χ0) is 55.0. The number of hydrogen-bond donors (Lipinski definition) is 1. The van der Waals surface area contributed by atoms with Gasteiger partial charge in [-0.15, -0.1) is 0 Å². The van der Waals surface area contributed by atoms with Gasteiger partial charge in [-0.1, -0.05) is 233 Å². The minimum Gasteiger partial charge on any atom is -0.456 e. The summed E-state index contributed by atoms with van der Waals surface area (Å²) in [6.07, 6.45) is 0. The average Bonchev–Trinajstić information content (AvgIpc) is 4.12. The molecular formula is C74H62BrN3O2. The number of nitrogens with one attached hydrogen (secondary N) is 1. The lowest BCUT2D eigenvalue weighted by atomic mass is 9.85. The first-order valence-electron chi connectivity index (χ1n) is 27.3. The first-order valence-corrected chi connectivity index (χ1v) is 28.1. The lowest BCUT2D eigenvalue weighted by molar-refractivity contribution is 0.590. The van der Waals surface area contributed by atoms with Crippen LogP contribution in [-0.2, 0) is 10.8 Å². The molecule has 80 heavy (non-hydrogen) atoms. The van der Waals surface area contributed by atoms with Gasteiger partial charge in [0.25, 0.3) is 0 Å². The van der Waals surface area contributed by atoms with E-state index in [-0.39, 0.29) is 10.8 Å². The third-order valence-electron chi connectivity index (χ3n) is 14.9. The van der Waals surface area contributed by atoms with Gasteiger partial charge in [0.2, 0.25) is 0 Å². The number of benzene rings is 11. The third-order valence-corrected chi connectivity index (χ3v) is 15.3. The first kappa shape index (κ1) is 51.6. The normalized spacial score (nSPS) is 11.7. The van der Waals surface area contributed by atoms with Crippen LogP contribution in [0, 0.1) is 0 Å². The van der Waals surface area contributed by atoms with Crippen LogP contribution in [0.4, 0.5) is 45.5 Å². The van der Waals surface area contributed by atoms with Gasteiger partial charge in [0.1, 0.15) is 22.3 Å². The second-order valence-electron chi connectivity index (χ2n) is 22.4. The highest BCUT2D eigenvalue weighted by atomic mass is 79.9. The van der Waals surface area contributed by atoms with Crippen LogP contribution in [-0.4, -0.2) is 0 Å². The molecule has 2 heterocycles. The van der Waals surface area contributed by atoms with Crippen LogP contribution in [0.2, 0.25) is 0 Å². The van der Waals surface area contributed by atoms with Gasteiger partial charge >= 0.3 is 0 Å². The molecule has 11 aromatic carbocycles. The van der Waals surface area contributed by atoms with Gasteiger partial charge in [0, 0.05) is 60.9 Å². The van der Waals surface area contributed by atoms with Gasteiger partial charge in [0.15, 0.2) is 0 Å². The molecule has 0 radical (unpaired) electrons. The predicted octanol–water partition coefficient (Wildman–Crippen LogP) is 22.5. The molecule has 2 aromatic heterocycles. The van der Waals surface area contributed by atoms with E-state index in [1.807, 2.05) is 36.4 Å². The lowest BCUT2D eigenvalue weighted by Gasteiger charge is -2.27. The maximum atomic E-state index is 6.65. The highest BCUT2D eigenvalue weighted by molar-refractivity contribution is 9.10. The molecule has 0 fully saturated rings. The van der Waals surface area contributed by atoms with E-state index in [9.17, 15) is 0 Å². The number of para-hydroxylation sites is 7. The summed E-state index contributed by atoms with van der Waals surface area (Å²) in [6.45, 7) is 13.6. The molecule has 0 spiro atoms. The average molecular weight is 1110 g/mol. The summed E-state index contributed by atoms with van der Waals surface area (Å²) in [4.78, 5) is 4.60. The van der Waals surface area contributed by atoms with E-state index in [0.717, 1.165) is 116 Å². The minimum atomic E-state index is 0.0675. The quantitative estimate of drug-likeness (QED) is 0.148. The summed E-state index contributed by atoms with van der Waals surface area (Å²) in [5, 5.41) is 8.36. The molecule has 0 aliphatic rings. The summed E-state index contributed by atoms with van der Waals surface area (Å²) in [7, 11) is 0. The fourth-order valence-corrected chi connectivity index (χ4v) is 11.3. The summed E-state index contributed by atoms with van der Waals surface area (Å²) >= 11 is 3.67. The zero-order valence-electron chi connectivity index (χ0n) is 45.9. The van der Waals surface area contributed by atoms with Gasteiger partial charge in [-0.05, 0) is 112 Å². The smallest absolute Gasteiger partial charge is 0.139 e. The van der Waals surface area contributed by atoms with Crippen molar-refractivity contribution >= 4 is 105 Å². The molecule has 6 heteroatoms. The van der Waals surface area contributed by atoms with E-state index in [4.69, 9.17) is 8.83 Å². The van der Waals surface area contributed by atoms with Crippen LogP contribution in [0.25, 0.3) is 66.1 Å². The fourth-order valence-electron chi connectivity index (χ4n) is 10.8. The van der Waals surface area contributed by atoms with Crippen LogP contribution >= 0.6 is 15.9 Å². The van der Waals surface area contributed by atoms with Gasteiger partial charge < -0.3 is 24.0 Å². The Morgan fingerprint density at radius 3 is 1.11 bits per heavy atom. The molecule has 0 unspecified atom stereocenters. The third kappa shape index (κ3) is 10.4. The van der Waals surface area contributed by atoms with Crippen molar-refractivity contribution in [3.8, 4) is 22.3 Å². The first-order chi connectivity index (χ1) is 38.9.